The molecule has 0 bridgehead atoms. The molecule has 0 spiro atoms. The van der Waals surface area contributed by atoms with E-state index in [9.17, 15) is 0 Å². The fourth-order valence-electron chi connectivity index (χ4n) is 1.76. The Morgan fingerprint density at radius 1 is 1.39 bits per heavy atom. The molecule has 0 aliphatic carbocycles. The highest BCUT2D eigenvalue weighted by atomic mass is 35.5. The van der Waals surface area contributed by atoms with E-state index in [4.69, 9.17) is 21.4 Å². The highest BCUT2D eigenvalue weighted by molar-refractivity contribution is 6.30. The number of hydrogen-bond donors (Lipinski definition) is 1. The van der Waals surface area contributed by atoms with E-state index in [1.165, 1.54) is 6.33 Å². The van der Waals surface area contributed by atoms with Crippen molar-refractivity contribution in [2.75, 3.05) is 38.3 Å². The van der Waals surface area contributed by atoms with Crippen molar-refractivity contribution >= 4 is 17.4 Å². The van der Waals surface area contributed by atoms with Crippen LogP contribution in [-0.2, 0) is 4.74 Å². The summed E-state index contributed by atoms with van der Waals surface area (Å²) >= 11 is 6.13. The molecule has 1 aromatic heterocycles. The van der Waals surface area contributed by atoms with E-state index in [0.717, 1.165) is 11.4 Å². The van der Waals surface area contributed by atoms with E-state index < -0.39 is 0 Å². The normalized spacial score (nSPS) is 11.0. The summed E-state index contributed by atoms with van der Waals surface area (Å²) < 4.78 is 5.07. The lowest BCUT2D eigenvalue weighted by Crippen LogP contribution is -2.32. The number of nitrogens with zero attached hydrogens (tertiary/aromatic N) is 3. The molecule has 5 nitrogen and oxygen atoms in total. The number of hydrogen-bond acceptors (Lipinski definition) is 5. The predicted octanol–water partition coefficient (Wildman–Crippen LogP) is 1.70. The number of rotatable bonds is 7. The topological polar surface area (TPSA) is 58.5 Å². The number of anilines is 1. The molecular weight excluding hydrogens is 254 g/mol. The van der Waals surface area contributed by atoms with Crippen molar-refractivity contribution in [2.24, 2.45) is 0 Å². The number of methoxy groups -OCH3 is 1. The summed E-state index contributed by atoms with van der Waals surface area (Å²) in [5.74, 6) is 0.994. The van der Waals surface area contributed by atoms with Crippen LogP contribution in [0.3, 0.4) is 0 Å². The summed E-state index contributed by atoms with van der Waals surface area (Å²) in [7, 11) is 1.65. The Morgan fingerprint density at radius 2 is 2.11 bits per heavy atom. The van der Waals surface area contributed by atoms with Gasteiger partial charge >= 0.3 is 0 Å². The molecule has 0 aliphatic heterocycles. The molecular formula is C12H20ClN3O2. The third kappa shape index (κ3) is 3.80. The molecule has 1 N–H and O–H groups in total. The summed E-state index contributed by atoms with van der Waals surface area (Å²) in [5.41, 5.74) is 0.906. The molecule has 1 heterocycles. The number of ether oxygens (including phenoxy) is 1. The van der Waals surface area contributed by atoms with Crippen molar-refractivity contribution in [3.63, 3.8) is 0 Å². The highest BCUT2D eigenvalue weighted by Crippen LogP contribution is 2.30. The van der Waals surface area contributed by atoms with Gasteiger partial charge in [0, 0.05) is 25.8 Å². The third-order valence-corrected chi connectivity index (χ3v) is 2.93. The van der Waals surface area contributed by atoms with E-state index in [2.05, 4.69) is 9.97 Å². The first kappa shape index (κ1) is 15.1. The van der Waals surface area contributed by atoms with Crippen molar-refractivity contribution in [1.29, 1.82) is 0 Å². The SMILES string of the molecule is COCCN(CCO)c1ncnc(Cl)c1C(C)C. The second-order valence-electron chi connectivity index (χ2n) is 4.26. The van der Waals surface area contributed by atoms with Crippen molar-refractivity contribution in [3.8, 4) is 0 Å². The van der Waals surface area contributed by atoms with Crippen molar-refractivity contribution in [2.45, 2.75) is 19.8 Å². The van der Waals surface area contributed by atoms with Gasteiger partial charge in [-0.15, -0.1) is 0 Å². The van der Waals surface area contributed by atoms with Gasteiger partial charge in [-0.3, -0.25) is 0 Å². The van der Waals surface area contributed by atoms with E-state index >= 15 is 0 Å². The van der Waals surface area contributed by atoms with E-state index in [1.54, 1.807) is 7.11 Å². The van der Waals surface area contributed by atoms with Crippen LogP contribution in [0.1, 0.15) is 25.3 Å². The molecule has 1 rings (SSSR count). The summed E-state index contributed by atoms with van der Waals surface area (Å²) in [6, 6.07) is 0. The molecule has 0 unspecified atom stereocenters. The van der Waals surface area contributed by atoms with Gasteiger partial charge in [-0.2, -0.15) is 0 Å². The molecule has 0 fully saturated rings. The molecule has 0 aliphatic rings. The Morgan fingerprint density at radius 3 is 2.67 bits per heavy atom. The van der Waals surface area contributed by atoms with Gasteiger partial charge in [0.05, 0.1) is 13.2 Å². The number of aromatic nitrogens is 2. The molecule has 0 amide bonds. The summed E-state index contributed by atoms with van der Waals surface area (Å²) in [4.78, 5) is 10.3. The Hall–Kier alpha value is -0.910. The Bertz CT molecular complexity index is 374. The molecule has 6 heteroatoms. The largest absolute Gasteiger partial charge is 0.395 e. The molecule has 0 saturated heterocycles. The van der Waals surface area contributed by atoms with E-state index in [1.807, 2.05) is 18.7 Å². The Labute approximate surface area is 113 Å². The lowest BCUT2D eigenvalue weighted by molar-refractivity contribution is 0.202. The highest BCUT2D eigenvalue weighted by Gasteiger charge is 2.18. The van der Waals surface area contributed by atoms with Crippen LogP contribution in [0, 0.1) is 0 Å². The Balaban J connectivity index is 3.06. The monoisotopic (exact) mass is 273 g/mol. The first-order chi connectivity index (χ1) is 8.61. The molecule has 0 saturated carbocycles. The first-order valence-corrected chi connectivity index (χ1v) is 6.34. The quantitative estimate of drug-likeness (QED) is 0.767. The Kier molecular flexibility index (Phi) is 6.32. The average molecular weight is 274 g/mol. The van der Waals surface area contributed by atoms with Crippen LogP contribution in [0.25, 0.3) is 0 Å². The van der Waals surface area contributed by atoms with Crippen LogP contribution in [-0.4, -0.2) is 48.5 Å². The van der Waals surface area contributed by atoms with Gasteiger partial charge < -0.3 is 14.7 Å². The van der Waals surface area contributed by atoms with Gasteiger partial charge in [-0.05, 0) is 5.92 Å². The molecule has 0 aromatic carbocycles. The predicted molar refractivity (Wildman–Crippen MR) is 72.3 cm³/mol. The lowest BCUT2D eigenvalue weighted by Gasteiger charge is -2.26. The maximum atomic E-state index is 9.14. The number of aliphatic hydroxyl groups excluding tert-OH is 1. The van der Waals surface area contributed by atoms with Crippen LogP contribution in [0.15, 0.2) is 6.33 Å². The maximum absolute atomic E-state index is 9.14. The van der Waals surface area contributed by atoms with Crippen LogP contribution in [0.2, 0.25) is 5.15 Å². The zero-order valence-corrected chi connectivity index (χ0v) is 11.8. The number of halogens is 1. The lowest BCUT2D eigenvalue weighted by atomic mass is 10.1. The van der Waals surface area contributed by atoms with Gasteiger partial charge in [0.1, 0.15) is 17.3 Å². The third-order valence-electron chi connectivity index (χ3n) is 2.63. The van der Waals surface area contributed by atoms with Gasteiger partial charge in [0.2, 0.25) is 0 Å². The second kappa shape index (κ2) is 7.51. The molecule has 102 valence electrons. The maximum Gasteiger partial charge on any atom is 0.138 e. The summed E-state index contributed by atoms with van der Waals surface area (Å²) in [6.45, 7) is 5.87. The fourth-order valence-corrected chi connectivity index (χ4v) is 2.11. The molecule has 18 heavy (non-hydrogen) atoms. The zero-order valence-electron chi connectivity index (χ0n) is 11.1. The summed E-state index contributed by atoms with van der Waals surface area (Å²) in [5, 5.41) is 9.61. The fraction of sp³-hybridized carbons (Fsp3) is 0.667. The molecule has 1 aromatic rings. The zero-order chi connectivity index (χ0) is 13.5. The van der Waals surface area contributed by atoms with Gasteiger partial charge in [-0.1, -0.05) is 25.4 Å². The minimum absolute atomic E-state index is 0.0584. The van der Waals surface area contributed by atoms with Crippen LogP contribution >= 0.6 is 11.6 Å². The van der Waals surface area contributed by atoms with E-state index in [0.29, 0.717) is 24.8 Å². The average Bonchev–Trinajstić information content (AvgIpc) is 2.33. The van der Waals surface area contributed by atoms with Gasteiger partial charge in [0.15, 0.2) is 0 Å². The standard InChI is InChI=1S/C12H20ClN3O2/c1-9(2)10-11(13)14-8-15-12(10)16(4-6-17)5-7-18-3/h8-9,17H,4-7H2,1-3H3. The first-order valence-electron chi connectivity index (χ1n) is 5.97. The minimum Gasteiger partial charge on any atom is -0.395 e. The summed E-state index contributed by atoms with van der Waals surface area (Å²) in [6.07, 6.45) is 1.45. The van der Waals surface area contributed by atoms with Crippen LogP contribution in [0.5, 0.6) is 0 Å². The minimum atomic E-state index is 0.0584. The van der Waals surface area contributed by atoms with Crippen molar-refractivity contribution in [3.05, 3.63) is 17.0 Å². The number of aliphatic hydroxyl groups is 1. The smallest absolute Gasteiger partial charge is 0.138 e. The van der Waals surface area contributed by atoms with Crippen molar-refractivity contribution in [1.82, 2.24) is 9.97 Å². The van der Waals surface area contributed by atoms with Crippen molar-refractivity contribution < 1.29 is 9.84 Å². The second-order valence-corrected chi connectivity index (χ2v) is 4.62. The molecule has 0 radical (unpaired) electrons. The van der Waals surface area contributed by atoms with E-state index in [-0.39, 0.29) is 12.5 Å². The van der Waals surface area contributed by atoms with Gasteiger partial charge in [-0.25, -0.2) is 9.97 Å². The van der Waals surface area contributed by atoms with Crippen LogP contribution < -0.4 is 4.90 Å². The molecule has 0 atom stereocenters. The van der Waals surface area contributed by atoms with Crippen LogP contribution in [0.4, 0.5) is 5.82 Å². The van der Waals surface area contributed by atoms with Gasteiger partial charge in [0.25, 0.3) is 0 Å².